The number of nitrogens with one attached hydrogen (secondary N) is 2. The zero-order valence-electron chi connectivity index (χ0n) is 19.1. The molecule has 0 amide bonds. The number of ether oxygens (including phenoxy) is 1. The highest BCUT2D eigenvalue weighted by Crippen LogP contribution is 2.20. The summed E-state index contributed by atoms with van der Waals surface area (Å²) in [7, 11) is 0. The van der Waals surface area contributed by atoms with Gasteiger partial charge in [0.1, 0.15) is 5.69 Å². The molecule has 0 radical (unpaired) electrons. The van der Waals surface area contributed by atoms with E-state index in [1.54, 1.807) is 25.3 Å². The molecule has 6 heteroatoms. The molecule has 0 fully saturated rings. The van der Waals surface area contributed by atoms with E-state index < -0.39 is 0 Å². The molecule has 2 aromatic carbocycles. The van der Waals surface area contributed by atoms with E-state index in [1.807, 2.05) is 31.2 Å². The van der Waals surface area contributed by atoms with E-state index in [0.29, 0.717) is 28.6 Å². The van der Waals surface area contributed by atoms with E-state index in [0.717, 1.165) is 24.0 Å². The van der Waals surface area contributed by atoms with Crippen molar-refractivity contribution in [3.8, 4) is 11.3 Å². The summed E-state index contributed by atoms with van der Waals surface area (Å²) in [5, 5.41) is 16.7. The van der Waals surface area contributed by atoms with Crippen LogP contribution < -0.4 is 5.73 Å². The highest BCUT2D eigenvalue weighted by Gasteiger charge is 2.16. The zero-order chi connectivity index (χ0) is 23.3. The van der Waals surface area contributed by atoms with Crippen molar-refractivity contribution >= 4 is 11.8 Å². The summed E-state index contributed by atoms with van der Waals surface area (Å²) in [4.78, 5) is 9.02. The number of hydrogen-bond acceptors (Lipinski definition) is 6. The van der Waals surface area contributed by atoms with Crippen LogP contribution in [0.2, 0.25) is 0 Å². The lowest BCUT2D eigenvalue weighted by Crippen LogP contribution is -2.17. The SMILES string of the molecule is Cc1ncc(-c2ccc(CCC(C)C)cc2)nc1C(=N)OC(=N)c1cccc(C(C)N)c1. The molecule has 6 nitrogen and oxygen atoms in total. The van der Waals surface area contributed by atoms with Crippen molar-refractivity contribution in [2.45, 2.75) is 46.6 Å². The van der Waals surface area contributed by atoms with Gasteiger partial charge in [0, 0.05) is 17.2 Å². The van der Waals surface area contributed by atoms with E-state index in [9.17, 15) is 0 Å². The summed E-state index contributed by atoms with van der Waals surface area (Å²) >= 11 is 0. The fourth-order valence-electron chi connectivity index (χ4n) is 3.27. The van der Waals surface area contributed by atoms with Gasteiger partial charge in [0.25, 0.3) is 0 Å². The van der Waals surface area contributed by atoms with Crippen LogP contribution in [0.1, 0.15) is 61.3 Å². The Morgan fingerprint density at radius 3 is 2.41 bits per heavy atom. The van der Waals surface area contributed by atoms with Crippen LogP contribution in [0.25, 0.3) is 11.3 Å². The van der Waals surface area contributed by atoms with Gasteiger partial charge in [-0.3, -0.25) is 15.8 Å². The van der Waals surface area contributed by atoms with E-state index in [2.05, 4.69) is 35.9 Å². The number of benzene rings is 2. The van der Waals surface area contributed by atoms with Crippen LogP contribution in [0.5, 0.6) is 0 Å². The predicted molar refractivity (Wildman–Crippen MR) is 129 cm³/mol. The molecule has 0 spiro atoms. The lowest BCUT2D eigenvalue weighted by atomic mass is 10.0. The molecule has 1 heterocycles. The molecule has 1 unspecified atom stereocenters. The number of nitrogens with two attached hydrogens (primary N) is 1. The first-order valence-electron chi connectivity index (χ1n) is 10.9. The number of nitrogens with zero attached hydrogens (tertiary/aromatic N) is 2. The first-order valence-corrected chi connectivity index (χ1v) is 10.9. The first kappa shape index (κ1) is 23.3. The van der Waals surface area contributed by atoms with Crippen LogP contribution >= 0.6 is 0 Å². The van der Waals surface area contributed by atoms with Crippen molar-refractivity contribution in [1.82, 2.24) is 9.97 Å². The van der Waals surface area contributed by atoms with Gasteiger partial charge in [-0.2, -0.15) is 0 Å². The van der Waals surface area contributed by atoms with Gasteiger partial charge in [-0.1, -0.05) is 50.2 Å². The first-order chi connectivity index (χ1) is 15.2. The molecule has 0 saturated carbocycles. The van der Waals surface area contributed by atoms with Gasteiger partial charge in [0.2, 0.25) is 11.8 Å². The van der Waals surface area contributed by atoms with Crippen molar-refractivity contribution in [3.05, 3.63) is 82.8 Å². The zero-order valence-corrected chi connectivity index (χ0v) is 19.1. The molecule has 3 rings (SSSR count). The molecule has 166 valence electrons. The molecule has 32 heavy (non-hydrogen) atoms. The number of hydrogen-bond donors (Lipinski definition) is 3. The lowest BCUT2D eigenvalue weighted by molar-refractivity contribution is 0.534. The predicted octanol–water partition coefficient (Wildman–Crippen LogP) is 5.43. The Balaban J connectivity index is 1.77. The molecule has 0 bridgehead atoms. The maximum absolute atomic E-state index is 8.39. The molecule has 1 atom stereocenters. The molecular formula is C26H31N5O. The minimum Gasteiger partial charge on any atom is -0.419 e. The Labute approximate surface area is 189 Å². The fraction of sp³-hybridized carbons (Fsp3) is 0.308. The average Bonchev–Trinajstić information content (AvgIpc) is 2.78. The topological polar surface area (TPSA) is 109 Å². The lowest BCUT2D eigenvalue weighted by Gasteiger charge is -2.12. The van der Waals surface area contributed by atoms with E-state index in [1.165, 1.54) is 5.56 Å². The van der Waals surface area contributed by atoms with Crippen LogP contribution in [0, 0.1) is 23.7 Å². The minimum absolute atomic E-state index is 0.126. The molecule has 0 aliphatic heterocycles. The van der Waals surface area contributed by atoms with Crippen molar-refractivity contribution in [1.29, 1.82) is 10.8 Å². The van der Waals surface area contributed by atoms with E-state index in [4.69, 9.17) is 21.3 Å². The highest BCUT2D eigenvalue weighted by molar-refractivity contribution is 6.04. The molecule has 0 aliphatic carbocycles. The minimum atomic E-state index is -0.207. The van der Waals surface area contributed by atoms with E-state index >= 15 is 0 Å². The summed E-state index contributed by atoms with van der Waals surface area (Å²) < 4.78 is 5.53. The van der Waals surface area contributed by atoms with Gasteiger partial charge in [-0.25, -0.2) is 4.98 Å². The molecule has 0 aliphatic rings. The maximum Gasteiger partial charge on any atom is 0.241 e. The van der Waals surface area contributed by atoms with Crippen molar-refractivity contribution in [3.63, 3.8) is 0 Å². The third-order valence-electron chi connectivity index (χ3n) is 5.31. The Morgan fingerprint density at radius 2 is 1.75 bits per heavy atom. The van der Waals surface area contributed by atoms with Crippen molar-refractivity contribution in [2.75, 3.05) is 0 Å². The number of aryl methyl sites for hydroxylation is 2. The molecule has 0 saturated heterocycles. The Kier molecular flexibility index (Phi) is 7.49. The summed E-state index contributed by atoms with van der Waals surface area (Å²) in [5.41, 5.74) is 11.2. The normalized spacial score (nSPS) is 11.9. The number of rotatable bonds is 7. The van der Waals surface area contributed by atoms with Gasteiger partial charge < -0.3 is 10.5 Å². The monoisotopic (exact) mass is 429 g/mol. The standard InChI is InChI=1S/C26H31N5O/c1-16(2)8-9-19-10-12-20(13-11-19)23-15-30-18(4)24(31-23)26(29)32-25(28)22-7-5-6-21(14-22)17(3)27/h5-7,10-17,28-29H,8-9,27H2,1-4H3. The Bertz CT molecular complexity index is 1100. The van der Waals surface area contributed by atoms with Crippen molar-refractivity contribution in [2.24, 2.45) is 11.7 Å². The van der Waals surface area contributed by atoms with Crippen LogP contribution in [0.4, 0.5) is 0 Å². The second-order valence-corrected chi connectivity index (χ2v) is 8.49. The summed E-state index contributed by atoms with van der Waals surface area (Å²) in [6.45, 7) is 8.11. The van der Waals surface area contributed by atoms with Gasteiger partial charge in [-0.15, -0.1) is 0 Å². The van der Waals surface area contributed by atoms with Crippen LogP contribution in [0.3, 0.4) is 0 Å². The van der Waals surface area contributed by atoms with Gasteiger partial charge in [-0.05, 0) is 55.9 Å². The van der Waals surface area contributed by atoms with Crippen molar-refractivity contribution < 1.29 is 4.74 Å². The second-order valence-electron chi connectivity index (χ2n) is 8.49. The summed E-state index contributed by atoms with van der Waals surface area (Å²) in [6.07, 6.45) is 3.90. The van der Waals surface area contributed by atoms with Crippen LogP contribution in [-0.2, 0) is 11.2 Å². The van der Waals surface area contributed by atoms with Gasteiger partial charge >= 0.3 is 0 Å². The molecule has 3 aromatic rings. The fourth-order valence-corrected chi connectivity index (χ4v) is 3.27. The van der Waals surface area contributed by atoms with Crippen LogP contribution in [-0.4, -0.2) is 21.8 Å². The molecular weight excluding hydrogens is 398 g/mol. The molecule has 4 N–H and O–H groups in total. The summed E-state index contributed by atoms with van der Waals surface area (Å²) in [5.74, 6) is 0.339. The van der Waals surface area contributed by atoms with E-state index in [-0.39, 0.29) is 17.8 Å². The number of aromatic nitrogens is 2. The Morgan fingerprint density at radius 1 is 1.03 bits per heavy atom. The Hall–Kier alpha value is -3.38. The average molecular weight is 430 g/mol. The third-order valence-corrected chi connectivity index (χ3v) is 5.31. The van der Waals surface area contributed by atoms with Gasteiger partial charge in [0.05, 0.1) is 17.6 Å². The van der Waals surface area contributed by atoms with Crippen LogP contribution in [0.15, 0.2) is 54.7 Å². The highest BCUT2D eigenvalue weighted by atomic mass is 16.5. The third kappa shape index (κ3) is 5.86. The summed E-state index contributed by atoms with van der Waals surface area (Å²) in [6, 6.07) is 15.4. The smallest absolute Gasteiger partial charge is 0.241 e. The largest absolute Gasteiger partial charge is 0.419 e. The van der Waals surface area contributed by atoms with Gasteiger partial charge in [0.15, 0.2) is 0 Å². The second kappa shape index (κ2) is 10.3. The quantitative estimate of drug-likeness (QED) is 0.344. The molecule has 1 aromatic heterocycles. The maximum atomic E-state index is 8.39.